The van der Waals surface area contributed by atoms with Gasteiger partial charge in [0, 0.05) is 19.2 Å². The number of methoxy groups -OCH3 is 2. The Kier molecular flexibility index (Phi) is 5.34. The molecule has 1 saturated heterocycles. The lowest BCUT2D eigenvalue weighted by Crippen LogP contribution is -2.55. The SMILES string of the molecule is COc1ccc(C(=O)N2CCCC(F)(C(=O)NCC3CC3)C2)c(OC)c1. The van der Waals surface area contributed by atoms with E-state index < -0.39 is 11.6 Å². The molecule has 1 aliphatic carbocycles. The Balaban J connectivity index is 1.72. The Bertz CT molecular complexity index is 692. The van der Waals surface area contributed by atoms with E-state index in [4.69, 9.17) is 9.47 Å². The molecule has 7 heteroatoms. The van der Waals surface area contributed by atoms with Crippen molar-refractivity contribution in [3.05, 3.63) is 23.8 Å². The van der Waals surface area contributed by atoms with E-state index in [0.717, 1.165) is 12.8 Å². The average Bonchev–Trinajstić information content (AvgIpc) is 3.49. The van der Waals surface area contributed by atoms with Gasteiger partial charge in [0.1, 0.15) is 11.5 Å². The first-order chi connectivity index (χ1) is 12.5. The van der Waals surface area contributed by atoms with Crippen molar-refractivity contribution in [2.24, 2.45) is 5.92 Å². The van der Waals surface area contributed by atoms with Crippen molar-refractivity contribution in [2.75, 3.05) is 33.9 Å². The third-order valence-electron chi connectivity index (χ3n) is 5.02. The molecule has 0 radical (unpaired) electrons. The molecule has 1 atom stereocenters. The Hall–Kier alpha value is -2.31. The number of likely N-dealkylation sites (tertiary alicyclic amines) is 1. The van der Waals surface area contributed by atoms with Gasteiger partial charge in [-0.15, -0.1) is 0 Å². The zero-order valence-electron chi connectivity index (χ0n) is 15.2. The van der Waals surface area contributed by atoms with Crippen molar-refractivity contribution in [3.8, 4) is 11.5 Å². The second kappa shape index (κ2) is 7.51. The summed E-state index contributed by atoms with van der Waals surface area (Å²) in [6, 6.07) is 4.87. The van der Waals surface area contributed by atoms with Crippen LogP contribution in [0.2, 0.25) is 0 Å². The minimum Gasteiger partial charge on any atom is -0.497 e. The Morgan fingerprint density at radius 3 is 2.73 bits per heavy atom. The molecule has 1 heterocycles. The van der Waals surface area contributed by atoms with E-state index in [2.05, 4.69) is 5.32 Å². The van der Waals surface area contributed by atoms with Crippen molar-refractivity contribution < 1.29 is 23.5 Å². The van der Waals surface area contributed by atoms with E-state index in [1.807, 2.05) is 0 Å². The molecule has 142 valence electrons. The molecule has 6 nitrogen and oxygen atoms in total. The van der Waals surface area contributed by atoms with Gasteiger partial charge in [0.2, 0.25) is 5.67 Å². The van der Waals surface area contributed by atoms with Crippen molar-refractivity contribution in [3.63, 3.8) is 0 Å². The predicted molar refractivity (Wildman–Crippen MR) is 94.3 cm³/mol. The van der Waals surface area contributed by atoms with Gasteiger partial charge < -0.3 is 19.7 Å². The fourth-order valence-electron chi connectivity index (χ4n) is 3.23. The number of halogens is 1. The third-order valence-corrected chi connectivity index (χ3v) is 5.02. The predicted octanol–water partition coefficient (Wildman–Crippen LogP) is 2.17. The number of benzene rings is 1. The Labute approximate surface area is 152 Å². The van der Waals surface area contributed by atoms with Gasteiger partial charge in [-0.2, -0.15) is 0 Å². The minimum atomic E-state index is -2.04. The molecule has 1 unspecified atom stereocenters. The molecule has 1 N–H and O–H groups in total. The number of alkyl halides is 1. The smallest absolute Gasteiger partial charge is 0.259 e. The molecule has 1 aromatic carbocycles. The van der Waals surface area contributed by atoms with Crippen molar-refractivity contribution >= 4 is 11.8 Å². The average molecular weight is 364 g/mol. The molecule has 1 aromatic rings. The number of carbonyl (C=O) groups is 2. The first-order valence-corrected chi connectivity index (χ1v) is 8.95. The van der Waals surface area contributed by atoms with Crippen molar-refractivity contribution in [1.29, 1.82) is 0 Å². The minimum absolute atomic E-state index is 0.132. The van der Waals surface area contributed by atoms with Gasteiger partial charge in [-0.25, -0.2) is 4.39 Å². The van der Waals surface area contributed by atoms with Crippen LogP contribution >= 0.6 is 0 Å². The van der Waals surface area contributed by atoms with E-state index in [0.29, 0.717) is 42.5 Å². The van der Waals surface area contributed by atoms with Gasteiger partial charge in [0.25, 0.3) is 11.8 Å². The van der Waals surface area contributed by atoms with Crippen LogP contribution in [-0.2, 0) is 4.79 Å². The fraction of sp³-hybridized carbons (Fsp3) is 0.579. The lowest BCUT2D eigenvalue weighted by atomic mass is 9.93. The maximum Gasteiger partial charge on any atom is 0.259 e. The zero-order valence-corrected chi connectivity index (χ0v) is 15.2. The molecule has 0 aromatic heterocycles. The maximum atomic E-state index is 15.2. The normalized spacial score (nSPS) is 22.7. The summed E-state index contributed by atoms with van der Waals surface area (Å²) in [5.41, 5.74) is -1.71. The lowest BCUT2D eigenvalue weighted by molar-refractivity contribution is -0.135. The maximum absolute atomic E-state index is 15.2. The van der Waals surface area contributed by atoms with Crippen LogP contribution in [0.15, 0.2) is 18.2 Å². The molecule has 1 saturated carbocycles. The van der Waals surface area contributed by atoms with E-state index in [1.165, 1.54) is 19.1 Å². The van der Waals surface area contributed by atoms with E-state index in [-0.39, 0.29) is 18.9 Å². The Morgan fingerprint density at radius 1 is 1.31 bits per heavy atom. The van der Waals surface area contributed by atoms with Crippen molar-refractivity contribution in [2.45, 2.75) is 31.4 Å². The standard InChI is InChI=1S/C19H25FN2O4/c1-25-14-6-7-15(16(10-14)26-2)17(23)22-9-3-8-19(20,12-22)18(24)21-11-13-4-5-13/h6-7,10,13H,3-5,8-9,11-12H2,1-2H3,(H,21,24). The van der Waals surface area contributed by atoms with E-state index in [1.54, 1.807) is 18.2 Å². The summed E-state index contributed by atoms with van der Waals surface area (Å²) >= 11 is 0. The van der Waals surface area contributed by atoms with Gasteiger partial charge in [-0.05, 0) is 43.7 Å². The number of ether oxygens (including phenoxy) is 2. The second-order valence-corrected chi connectivity index (χ2v) is 7.02. The second-order valence-electron chi connectivity index (χ2n) is 7.02. The van der Waals surface area contributed by atoms with Crippen LogP contribution in [0.25, 0.3) is 0 Å². The van der Waals surface area contributed by atoms with Gasteiger partial charge in [-0.3, -0.25) is 9.59 Å². The lowest BCUT2D eigenvalue weighted by Gasteiger charge is -2.36. The van der Waals surface area contributed by atoms with Gasteiger partial charge >= 0.3 is 0 Å². The molecule has 3 rings (SSSR count). The molecule has 2 amide bonds. The number of carbonyl (C=O) groups excluding carboxylic acids is 2. The summed E-state index contributed by atoms with van der Waals surface area (Å²) in [6.45, 7) is 0.692. The number of hydrogen-bond acceptors (Lipinski definition) is 4. The molecular weight excluding hydrogens is 339 g/mol. The summed E-state index contributed by atoms with van der Waals surface area (Å²) in [7, 11) is 2.99. The van der Waals surface area contributed by atoms with Gasteiger partial charge in [0.15, 0.2) is 0 Å². The van der Waals surface area contributed by atoms with Crippen LogP contribution in [0, 0.1) is 5.92 Å². The summed E-state index contributed by atoms with van der Waals surface area (Å²) in [4.78, 5) is 26.6. The summed E-state index contributed by atoms with van der Waals surface area (Å²) < 4.78 is 25.6. The molecule has 0 spiro atoms. The largest absolute Gasteiger partial charge is 0.497 e. The zero-order chi connectivity index (χ0) is 18.7. The highest BCUT2D eigenvalue weighted by Crippen LogP contribution is 2.31. The highest BCUT2D eigenvalue weighted by molar-refractivity contribution is 5.98. The monoisotopic (exact) mass is 364 g/mol. The van der Waals surface area contributed by atoms with E-state index in [9.17, 15) is 9.59 Å². The number of rotatable bonds is 6. The molecule has 26 heavy (non-hydrogen) atoms. The van der Waals surface area contributed by atoms with Crippen LogP contribution < -0.4 is 14.8 Å². The van der Waals surface area contributed by atoms with Crippen LogP contribution in [0.4, 0.5) is 4.39 Å². The molecule has 0 bridgehead atoms. The number of piperidine rings is 1. The summed E-state index contributed by atoms with van der Waals surface area (Å²) in [6.07, 6.45) is 2.74. The molecule has 1 aliphatic heterocycles. The third kappa shape index (κ3) is 3.92. The van der Waals surface area contributed by atoms with Crippen LogP contribution in [-0.4, -0.2) is 56.2 Å². The summed E-state index contributed by atoms with van der Waals surface area (Å²) in [5.74, 6) is 0.455. The van der Waals surface area contributed by atoms with Crippen LogP contribution in [0.5, 0.6) is 11.5 Å². The number of nitrogens with one attached hydrogen (secondary N) is 1. The number of nitrogens with zero attached hydrogens (tertiary/aromatic N) is 1. The first-order valence-electron chi connectivity index (χ1n) is 8.95. The van der Waals surface area contributed by atoms with Crippen molar-refractivity contribution in [1.82, 2.24) is 10.2 Å². The number of amides is 2. The highest BCUT2D eigenvalue weighted by atomic mass is 19.1. The summed E-state index contributed by atoms with van der Waals surface area (Å²) in [5, 5.41) is 2.70. The first kappa shape index (κ1) is 18.5. The van der Waals surface area contributed by atoms with Gasteiger partial charge in [0.05, 0.1) is 26.3 Å². The molecule has 2 aliphatic rings. The number of hydrogen-bond donors (Lipinski definition) is 1. The van der Waals surface area contributed by atoms with E-state index >= 15 is 4.39 Å². The fourth-order valence-corrected chi connectivity index (χ4v) is 3.23. The Morgan fingerprint density at radius 2 is 2.08 bits per heavy atom. The van der Waals surface area contributed by atoms with Crippen LogP contribution in [0.1, 0.15) is 36.0 Å². The highest BCUT2D eigenvalue weighted by Gasteiger charge is 2.44. The molecular formula is C19H25FN2O4. The molecule has 2 fully saturated rings. The van der Waals surface area contributed by atoms with Gasteiger partial charge in [-0.1, -0.05) is 0 Å². The quantitative estimate of drug-likeness (QED) is 0.840. The topological polar surface area (TPSA) is 67.9 Å². The van der Waals surface area contributed by atoms with Crippen LogP contribution in [0.3, 0.4) is 0 Å².